The molecule has 0 bridgehead atoms. The van der Waals surface area contributed by atoms with Gasteiger partial charge in [-0.25, -0.2) is 4.79 Å². The Kier molecular flexibility index (Phi) is 7.45. The molecule has 1 aliphatic rings. The molecule has 7 nitrogen and oxygen atoms in total. The highest BCUT2D eigenvalue weighted by Gasteiger charge is 2.22. The number of nitrogens with zero attached hydrogens (tertiary/aromatic N) is 3. The summed E-state index contributed by atoms with van der Waals surface area (Å²) in [6.07, 6.45) is 2.20. The maximum absolute atomic E-state index is 12.0. The topological polar surface area (TPSA) is 76.1 Å². The molecular weight excluding hydrogens is 272 g/mol. The fourth-order valence-corrected chi connectivity index (χ4v) is 2.58. The van der Waals surface area contributed by atoms with Gasteiger partial charge in [-0.15, -0.1) is 0 Å². The van der Waals surface area contributed by atoms with Crippen molar-refractivity contribution < 1.29 is 14.7 Å². The average Bonchev–Trinajstić information content (AvgIpc) is 2.44. The van der Waals surface area contributed by atoms with Crippen molar-refractivity contribution in [1.82, 2.24) is 20.0 Å². The van der Waals surface area contributed by atoms with Crippen LogP contribution in [0.1, 0.15) is 12.8 Å². The van der Waals surface area contributed by atoms with Crippen LogP contribution in [-0.4, -0.2) is 92.2 Å². The summed E-state index contributed by atoms with van der Waals surface area (Å²) in [4.78, 5) is 28.7. The lowest BCUT2D eigenvalue weighted by atomic mass is 9.97. The molecule has 0 unspecified atom stereocenters. The van der Waals surface area contributed by atoms with Crippen molar-refractivity contribution in [3.05, 3.63) is 0 Å². The summed E-state index contributed by atoms with van der Waals surface area (Å²) >= 11 is 0. The summed E-state index contributed by atoms with van der Waals surface area (Å²) in [5, 5.41) is 11.6. The minimum atomic E-state index is -0.261. The number of aliphatic hydroxyl groups is 1. The van der Waals surface area contributed by atoms with E-state index in [9.17, 15) is 9.59 Å². The van der Waals surface area contributed by atoms with Crippen LogP contribution in [-0.2, 0) is 4.79 Å². The van der Waals surface area contributed by atoms with Crippen molar-refractivity contribution >= 4 is 11.9 Å². The minimum absolute atomic E-state index is 0.0284. The van der Waals surface area contributed by atoms with Crippen molar-refractivity contribution in [2.45, 2.75) is 12.8 Å². The summed E-state index contributed by atoms with van der Waals surface area (Å²) in [7, 11) is 5.05. The molecule has 1 heterocycles. The Bertz CT molecular complexity index is 347. The fourth-order valence-electron chi connectivity index (χ4n) is 2.58. The van der Waals surface area contributed by atoms with E-state index in [1.165, 1.54) is 4.90 Å². The van der Waals surface area contributed by atoms with Crippen LogP contribution in [0.3, 0.4) is 0 Å². The first kappa shape index (κ1) is 17.7. The monoisotopic (exact) mass is 300 g/mol. The zero-order chi connectivity index (χ0) is 15.8. The summed E-state index contributed by atoms with van der Waals surface area (Å²) in [5.74, 6) is 0.355. The van der Waals surface area contributed by atoms with E-state index in [0.717, 1.165) is 25.9 Å². The highest BCUT2D eigenvalue weighted by molar-refractivity contribution is 5.83. The van der Waals surface area contributed by atoms with Gasteiger partial charge in [-0.3, -0.25) is 4.79 Å². The third-order valence-corrected chi connectivity index (χ3v) is 3.77. The molecule has 0 aromatic heterocycles. The molecule has 0 radical (unpaired) electrons. The van der Waals surface area contributed by atoms with E-state index in [4.69, 9.17) is 5.11 Å². The van der Waals surface area contributed by atoms with Crippen LogP contribution in [0.2, 0.25) is 0 Å². The number of aliphatic hydroxyl groups excluding tert-OH is 1. The van der Waals surface area contributed by atoms with Crippen LogP contribution in [0.25, 0.3) is 0 Å². The SMILES string of the molecule is CN(C)C(=O)NCC(=O)N(C)C[C@H]1CCCN(CCO)C1. The highest BCUT2D eigenvalue weighted by atomic mass is 16.3. The highest BCUT2D eigenvalue weighted by Crippen LogP contribution is 2.16. The number of urea groups is 1. The normalized spacial score (nSPS) is 19.1. The summed E-state index contributed by atoms with van der Waals surface area (Å²) in [6, 6.07) is -0.261. The molecule has 1 saturated heterocycles. The molecule has 1 fully saturated rings. The van der Waals surface area contributed by atoms with Gasteiger partial charge in [-0.2, -0.15) is 0 Å². The quantitative estimate of drug-likeness (QED) is 0.688. The maximum atomic E-state index is 12.0. The third kappa shape index (κ3) is 6.31. The lowest BCUT2D eigenvalue weighted by Gasteiger charge is -2.34. The number of likely N-dealkylation sites (tertiary alicyclic amines) is 1. The smallest absolute Gasteiger partial charge is 0.317 e. The molecule has 0 aliphatic carbocycles. The molecule has 0 aromatic rings. The summed E-state index contributed by atoms with van der Waals surface area (Å²) in [5.41, 5.74) is 0. The van der Waals surface area contributed by atoms with Crippen molar-refractivity contribution in [3.63, 3.8) is 0 Å². The molecule has 3 amide bonds. The van der Waals surface area contributed by atoms with Crippen LogP contribution < -0.4 is 5.32 Å². The predicted octanol–water partition coefficient (Wildman–Crippen LogP) is -0.580. The largest absolute Gasteiger partial charge is 0.395 e. The van der Waals surface area contributed by atoms with Gasteiger partial charge in [0.15, 0.2) is 0 Å². The lowest BCUT2D eigenvalue weighted by molar-refractivity contribution is -0.129. The number of carbonyl (C=O) groups excluding carboxylic acids is 2. The number of rotatable bonds is 6. The Morgan fingerprint density at radius 1 is 1.33 bits per heavy atom. The minimum Gasteiger partial charge on any atom is -0.395 e. The molecule has 1 atom stereocenters. The zero-order valence-corrected chi connectivity index (χ0v) is 13.3. The average molecular weight is 300 g/mol. The van der Waals surface area contributed by atoms with Crippen molar-refractivity contribution in [1.29, 1.82) is 0 Å². The number of β-amino-alcohol motifs (C(OH)–C–C–N with tert-alkyl or cyclic N) is 1. The Morgan fingerprint density at radius 3 is 2.67 bits per heavy atom. The van der Waals surface area contributed by atoms with Crippen LogP contribution in [0.5, 0.6) is 0 Å². The lowest BCUT2D eigenvalue weighted by Crippen LogP contribution is -2.46. The Hall–Kier alpha value is -1.34. The molecule has 2 N–H and O–H groups in total. The first-order valence-corrected chi connectivity index (χ1v) is 7.46. The zero-order valence-electron chi connectivity index (χ0n) is 13.3. The second kappa shape index (κ2) is 8.84. The van der Waals surface area contributed by atoms with Crippen LogP contribution in [0.4, 0.5) is 4.79 Å². The van der Waals surface area contributed by atoms with Gasteiger partial charge in [-0.1, -0.05) is 0 Å². The number of likely N-dealkylation sites (N-methyl/N-ethyl adjacent to an activating group) is 1. The van der Waals surface area contributed by atoms with Gasteiger partial charge in [-0.05, 0) is 25.3 Å². The molecule has 21 heavy (non-hydrogen) atoms. The van der Waals surface area contributed by atoms with E-state index >= 15 is 0 Å². The van der Waals surface area contributed by atoms with E-state index in [1.807, 2.05) is 0 Å². The number of nitrogens with one attached hydrogen (secondary N) is 1. The molecule has 0 spiro atoms. The molecule has 1 aliphatic heterocycles. The first-order chi connectivity index (χ1) is 9.93. The second-order valence-electron chi connectivity index (χ2n) is 5.86. The molecule has 0 aromatic carbocycles. The van der Waals surface area contributed by atoms with Crippen LogP contribution in [0.15, 0.2) is 0 Å². The molecular formula is C14H28N4O3. The van der Waals surface area contributed by atoms with Gasteiger partial charge in [0.1, 0.15) is 0 Å². The van der Waals surface area contributed by atoms with Crippen molar-refractivity contribution in [2.75, 3.05) is 60.5 Å². The van der Waals surface area contributed by atoms with Gasteiger partial charge in [0.25, 0.3) is 0 Å². The third-order valence-electron chi connectivity index (χ3n) is 3.77. The Morgan fingerprint density at radius 2 is 2.05 bits per heavy atom. The van der Waals surface area contributed by atoms with Crippen LogP contribution in [0, 0.1) is 5.92 Å². The standard InChI is InChI=1S/C14H28N4O3/c1-16(2)14(21)15-9-13(20)17(3)10-12-5-4-6-18(11-12)7-8-19/h12,19H,4-11H2,1-3H3,(H,15,21)/t12-/m1/s1. The molecule has 7 heteroatoms. The van der Waals surface area contributed by atoms with E-state index in [1.54, 1.807) is 26.0 Å². The van der Waals surface area contributed by atoms with E-state index < -0.39 is 0 Å². The van der Waals surface area contributed by atoms with E-state index in [-0.39, 0.29) is 25.1 Å². The van der Waals surface area contributed by atoms with E-state index in [0.29, 0.717) is 19.0 Å². The second-order valence-corrected chi connectivity index (χ2v) is 5.86. The summed E-state index contributed by atoms with van der Waals surface area (Å²) < 4.78 is 0. The summed E-state index contributed by atoms with van der Waals surface area (Å²) in [6.45, 7) is 3.54. The van der Waals surface area contributed by atoms with Gasteiger partial charge in [0, 0.05) is 40.8 Å². The molecule has 0 saturated carbocycles. The van der Waals surface area contributed by atoms with Crippen molar-refractivity contribution in [3.8, 4) is 0 Å². The Labute approximate surface area is 126 Å². The number of carbonyl (C=O) groups is 2. The van der Waals surface area contributed by atoms with Gasteiger partial charge >= 0.3 is 6.03 Å². The van der Waals surface area contributed by atoms with Gasteiger partial charge in [0.2, 0.25) is 5.91 Å². The predicted molar refractivity (Wildman–Crippen MR) is 81.0 cm³/mol. The van der Waals surface area contributed by atoms with Crippen LogP contribution >= 0.6 is 0 Å². The number of amides is 3. The Balaban J connectivity index is 2.32. The fraction of sp³-hybridized carbons (Fsp3) is 0.857. The van der Waals surface area contributed by atoms with Gasteiger partial charge < -0.3 is 25.1 Å². The van der Waals surface area contributed by atoms with E-state index in [2.05, 4.69) is 10.2 Å². The molecule has 122 valence electrons. The van der Waals surface area contributed by atoms with Crippen molar-refractivity contribution in [2.24, 2.45) is 5.92 Å². The number of hydrogen-bond acceptors (Lipinski definition) is 4. The maximum Gasteiger partial charge on any atom is 0.317 e. The number of piperidine rings is 1. The first-order valence-electron chi connectivity index (χ1n) is 7.46. The number of hydrogen-bond donors (Lipinski definition) is 2. The van der Waals surface area contributed by atoms with Gasteiger partial charge in [0.05, 0.1) is 13.2 Å². The molecule has 1 rings (SSSR count).